The molecule has 2 aromatic carbocycles. The summed E-state index contributed by atoms with van der Waals surface area (Å²) in [6, 6.07) is 12.5. The van der Waals surface area contributed by atoms with Gasteiger partial charge in [0.25, 0.3) is 0 Å². The Kier molecular flexibility index (Phi) is 4.96. The lowest BCUT2D eigenvalue weighted by atomic mass is 10.0. The molecule has 0 radical (unpaired) electrons. The molecule has 0 saturated carbocycles. The maximum Gasteiger partial charge on any atom is 0.328 e. The molecule has 4 aromatic rings. The Labute approximate surface area is 181 Å². The van der Waals surface area contributed by atoms with Crippen LogP contribution in [0, 0.1) is 9.49 Å². The average molecular weight is 500 g/mol. The molecule has 1 aliphatic rings. The number of rotatable bonds is 5. The number of hydrogen-bond acceptors (Lipinski definition) is 5. The van der Waals surface area contributed by atoms with Gasteiger partial charge < -0.3 is 15.6 Å². The summed E-state index contributed by atoms with van der Waals surface area (Å²) in [7, 11) is 0. The van der Waals surface area contributed by atoms with Crippen molar-refractivity contribution in [1.82, 2.24) is 24.8 Å². The van der Waals surface area contributed by atoms with E-state index in [-0.39, 0.29) is 5.69 Å². The molecule has 148 valence electrons. The van der Waals surface area contributed by atoms with Crippen LogP contribution in [0.1, 0.15) is 12.0 Å². The fourth-order valence-electron chi connectivity index (χ4n) is 3.93. The van der Waals surface area contributed by atoms with Crippen molar-refractivity contribution in [2.75, 3.05) is 25.0 Å². The highest BCUT2D eigenvalue weighted by molar-refractivity contribution is 14.1. The number of aromatic amines is 1. The number of fused-ring (bicyclic) bond motifs is 2. The van der Waals surface area contributed by atoms with Gasteiger partial charge in [-0.15, -0.1) is 0 Å². The monoisotopic (exact) mass is 500 g/mol. The average Bonchev–Trinajstić information content (AvgIpc) is 3.36. The Bertz CT molecular complexity index is 1240. The summed E-state index contributed by atoms with van der Waals surface area (Å²) in [5.41, 5.74) is 2.23. The number of anilines is 1. The van der Waals surface area contributed by atoms with Crippen LogP contribution in [-0.4, -0.2) is 39.2 Å². The molecule has 5 rings (SSSR count). The van der Waals surface area contributed by atoms with E-state index >= 15 is 0 Å². The third-order valence-electron chi connectivity index (χ3n) is 5.52. The largest absolute Gasteiger partial charge is 0.354 e. The van der Waals surface area contributed by atoms with Gasteiger partial charge in [0.1, 0.15) is 5.52 Å². The normalized spacial score (nSPS) is 16.7. The van der Waals surface area contributed by atoms with Crippen LogP contribution < -0.4 is 16.3 Å². The molecule has 29 heavy (non-hydrogen) atoms. The molecule has 0 bridgehead atoms. The van der Waals surface area contributed by atoms with Crippen LogP contribution in [0.3, 0.4) is 0 Å². The molecule has 8 heteroatoms. The van der Waals surface area contributed by atoms with E-state index < -0.39 is 0 Å². The first-order chi connectivity index (χ1) is 14.2. The summed E-state index contributed by atoms with van der Waals surface area (Å²) in [4.78, 5) is 24.6. The first kappa shape index (κ1) is 18.6. The van der Waals surface area contributed by atoms with Crippen molar-refractivity contribution in [1.29, 1.82) is 0 Å². The zero-order valence-electron chi connectivity index (χ0n) is 15.8. The molecule has 0 spiro atoms. The predicted octanol–water partition coefficient (Wildman–Crippen LogP) is 2.95. The van der Waals surface area contributed by atoms with Crippen LogP contribution in [0.5, 0.6) is 0 Å². The zero-order valence-corrected chi connectivity index (χ0v) is 17.9. The quantitative estimate of drug-likeness (QED) is 0.367. The molecule has 2 aromatic heterocycles. The lowest BCUT2D eigenvalue weighted by Crippen LogP contribution is -2.19. The van der Waals surface area contributed by atoms with Gasteiger partial charge in [-0.25, -0.2) is 9.78 Å². The predicted molar refractivity (Wildman–Crippen MR) is 123 cm³/mol. The van der Waals surface area contributed by atoms with E-state index in [0.717, 1.165) is 46.0 Å². The minimum atomic E-state index is -0.171. The van der Waals surface area contributed by atoms with Gasteiger partial charge in [-0.05, 0) is 70.4 Å². The number of nitrogens with one attached hydrogen (secondary N) is 3. The van der Waals surface area contributed by atoms with Crippen molar-refractivity contribution < 1.29 is 0 Å². The number of halogens is 1. The molecule has 1 fully saturated rings. The van der Waals surface area contributed by atoms with Gasteiger partial charge in [0.2, 0.25) is 5.95 Å². The van der Waals surface area contributed by atoms with Crippen molar-refractivity contribution in [2.24, 2.45) is 5.92 Å². The van der Waals surface area contributed by atoms with Gasteiger partial charge in [-0.3, -0.25) is 4.57 Å². The first-order valence-electron chi connectivity index (χ1n) is 9.75. The summed E-state index contributed by atoms with van der Waals surface area (Å²) in [5, 5.41) is 9.01. The van der Waals surface area contributed by atoms with Gasteiger partial charge in [-0.1, -0.05) is 30.3 Å². The minimum Gasteiger partial charge on any atom is -0.354 e. The third kappa shape index (κ3) is 3.62. The van der Waals surface area contributed by atoms with Gasteiger partial charge in [0.15, 0.2) is 5.65 Å². The van der Waals surface area contributed by atoms with Crippen LogP contribution >= 0.6 is 22.6 Å². The molecule has 0 aliphatic carbocycles. The molecular weight excluding hydrogens is 479 g/mol. The highest BCUT2D eigenvalue weighted by Crippen LogP contribution is 2.25. The smallest absolute Gasteiger partial charge is 0.328 e. The van der Waals surface area contributed by atoms with Crippen molar-refractivity contribution in [2.45, 2.75) is 13.0 Å². The van der Waals surface area contributed by atoms with E-state index in [1.807, 2.05) is 12.1 Å². The number of hydrogen-bond donors (Lipinski definition) is 3. The number of H-pyrrole nitrogens is 1. The van der Waals surface area contributed by atoms with E-state index in [1.165, 1.54) is 0 Å². The Hall–Kier alpha value is -2.46. The van der Waals surface area contributed by atoms with E-state index in [2.05, 4.69) is 72.4 Å². The molecule has 0 unspecified atom stereocenters. The molecule has 3 N–H and O–H groups in total. The zero-order chi connectivity index (χ0) is 19.8. The first-order valence-corrected chi connectivity index (χ1v) is 10.8. The van der Waals surface area contributed by atoms with E-state index in [0.29, 0.717) is 29.6 Å². The summed E-state index contributed by atoms with van der Waals surface area (Å²) in [5.74, 6) is 1.14. The molecule has 1 atom stereocenters. The second-order valence-electron chi connectivity index (χ2n) is 7.43. The standard InChI is InChI=1S/C21H21IN6O/c22-17-6-5-14-3-1-2-4-15(14)16(17)12-28-19-18(26-21(28)29)11-25-20(27-19)24-10-13-7-8-23-9-13/h1-6,11,13,23H,7-10,12H2,(H,26,29)(H,24,25,27)/t13-/m1/s1. The van der Waals surface area contributed by atoms with E-state index in [9.17, 15) is 4.79 Å². The maximum atomic E-state index is 12.7. The lowest BCUT2D eigenvalue weighted by molar-refractivity contribution is 0.613. The summed E-state index contributed by atoms with van der Waals surface area (Å²) >= 11 is 2.33. The molecule has 1 saturated heterocycles. The Morgan fingerprint density at radius 2 is 2.14 bits per heavy atom. The summed E-state index contributed by atoms with van der Waals surface area (Å²) < 4.78 is 2.83. The van der Waals surface area contributed by atoms with Crippen LogP contribution in [0.4, 0.5) is 5.95 Å². The SMILES string of the molecule is O=c1[nH]c2cnc(NC[C@@H]3CCNC3)nc2n1Cc1c(I)ccc2ccccc12. The van der Waals surface area contributed by atoms with E-state index in [1.54, 1.807) is 10.8 Å². The number of benzene rings is 2. The van der Waals surface area contributed by atoms with Crippen molar-refractivity contribution in [3.63, 3.8) is 0 Å². The molecule has 7 nitrogen and oxygen atoms in total. The topological polar surface area (TPSA) is 87.6 Å². The fourth-order valence-corrected chi connectivity index (χ4v) is 4.57. The van der Waals surface area contributed by atoms with Crippen molar-refractivity contribution in [3.8, 4) is 0 Å². The Morgan fingerprint density at radius 1 is 1.24 bits per heavy atom. The van der Waals surface area contributed by atoms with Gasteiger partial charge in [0.05, 0.1) is 12.7 Å². The second kappa shape index (κ2) is 7.75. The highest BCUT2D eigenvalue weighted by Gasteiger charge is 2.16. The molecule has 1 aliphatic heterocycles. The second-order valence-corrected chi connectivity index (χ2v) is 8.60. The molecular formula is C21H21IN6O. The van der Waals surface area contributed by atoms with Gasteiger partial charge in [0, 0.05) is 10.1 Å². The summed E-state index contributed by atoms with van der Waals surface area (Å²) in [6.07, 6.45) is 2.84. The maximum absolute atomic E-state index is 12.7. The number of aromatic nitrogens is 4. The van der Waals surface area contributed by atoms with E-state index in [4.69, 9.17) is 0 Å². The summed E-state index contributed by atoms with van der Waals surface area (Å²) in [6.45, 7) is 3.37. The lowest BCUT2D eigenvalue weighted by Gasteiger charge is -2.11. The van der Waals surface area contributed by atoms with Gasteiger partial charge >= 0.3 is 5.69 Å². The Morgan fingerprint density at radius 3 is 3.00 bits per heavy atom. The molecule has 3 heterocycles. The number of imidazole rings is 1. The number of nitrogens with zero attached hydrogens (tertiary/aromatic N) is 3. The van der Waals surface area contributed by atoms with Gasteiger partial charge in [-0.2, -0.15) is 4.98 Å². The Balaban J connectivity index is 1.51. The van der Waals surface area contributed by atoms with Crippen molar-refractivity contribution in [3.05, 3.63) is 62.2 Å². The highest BCUT2D eigenvalue weighted by atomic mass is 127. The third-order valence-corrected chi connectivity index (χ3v) is 6.53. The van der Waals surface area contributed by atoms with Crippen LogP contribution in [0.25, 0.3) is 21.9 Å². The van der Waals surface area contributed by atoms with Crippen molar-refractivity contribution >= 4 is 50.5 Å². The minimum absolute atomic E-state index is 0.171. The van der Waals surface area contributed by atoms with Crippen LogP contribution in [0.15, 0.2) is 47.4 Å². The van der Waals surface area contributed by atoms with Crippen LogP contribution in [0.2, 0.25) is 0 Å². The fraction of sp³-hybridized carbons (Fsp3) is 0.286. The molecule has 0 amide bonds. The van der Waals surface area contributed by atoms with Crippen LogP contribution in [-0.2, 0) is 6.54 Å².